The minimum Gasteiger partial charge on any atom is -0.384 e. The molecule has 0 fully saturated rings. The van der Waals surface area contributed by atoms with Crippen molar-refractivity contribution in [2.45, 2.75) is 25.1 Å². The molecule has 14 heavy (non-hydrogen) atoms. The molecule has 1 rings (SSSR count). The molecule has 0 saturated heterocycles. The molecule has 1 unspecified atom stereocenters. The summed E-state index contributed by atoms with van der Waals surface area (Å²) in [5.74, 6) is 0. The van der Waals surface area contributed by atoms with E-state index in [9.17, 15) is 0 Å². The molecule has 0 amide bonds. The van der Waals surface area contributed by atoms with Gasteiger partial charge in [0, 0.05) is 7.11 Å². The molecule has 0 aromatic heterocycles. The number of ether oxygens (including phenoxy) is 1. The van der Waals surface area contributed by atoms with Crippen molar-refractivity contribution >= 4 is 11.6 Å². The molecule has 0 radical (unpaired) electrons. The van der Waals surface area contributed by atoms with Crippen molar-refractivity contribution in [3.05, 3.63) is 35.4 Å². The van der Waals surface area contributed by atoms with E-state index >= 15 is 0 Å². The SMILES string of the molecule is CCC(Cl)c1ccc(CCOC)cc1. The normalized spacial score (nSPS) is 12.8. The lowest BCUT2D eigenvalue weighted by Crippen LogP contribution is -1.95. The maximum absolute atomic E-state index is 6.12. The van der Waals surface area contributed by atoms with E-state index < -0.39 is 0 Å². The summed E-state index contributed by atoms with van der Waals surface area (Å²) in [4.78, 5) is 0. The highest BCUT2D eigenvalue weighted by atomic mass is 35.5. The van der Waals surface area contributed by atoms with Crippen molar-refractivity contribution in [3.63, 3.8) is 0 Å². The second-order valence-corrected chi connectivity index (χ2v) is 3.89. The molecule has 0 bridgehead atoms. The second kappa shape index (κ2) is 6.05. The van der Waals surface area contributed by atoms with Crippen LogP contribution in [-0.4, -0.2) is 13.7 Å². The van der Waals surface area contributed by atoms with E-state index in [1.54, 1.807) is 7.11 Å². The van der Waals surface area contributed by atoms with Crippen LogP contribution < -0.4 is 0 Å². The van der Waals surface area contributed by atoms with Crippen molar-refractivity contribution < 1.29 is 4.74 Å². The van der Waals surface area contributed by atoms with Crippen molar-refractivity contribution in [3.8, 4) is 0 Å². The van der Waals surface area contributed by atoms with Crippen molar-refractivity contribution in [2.75, 3.05) is 13.7 Å². The lowest BCUT2D eigenvalue weighted by atomic mass is 10.1. The standard InChI is InChI=1S/C12H17ClO/c1-3-12(13)11-6-4-10(5-7-11)8-9-14-2/h4-7,12H,3,8-9H2,1-2H3. The Balaban J connectivity index is 2.59. The quantitative estimate of drug-likeness (QED) is 0.679. The van der Waals surface area contributed by atoms with Gasteiger partial charge in [0.1, 0.15) is 0 Å². The average Bonchev–Trinajstić information content (AvgIpc) is 2.26. The zero-order valence-electron chi connectivity index (χ0n) is 8.79. The molecule has 0 aliphatic rings. The number of alkyl halides is 1. The van der Waals surface area contributed by atoms with Crippen LogP contribution >= 0.6 is 11.6 Å². The first-order valence-electron chi connectivity index (χ1n) is 4.99. The second-order valence-electron chi connectivity index (χ2n) is 3.36. The van der Waals surface area contributed by atoms with Gasteiger partial charge in [0.2, 0.25) is 0 Å². The van der Waals surface area contributed by atoms with Crippen LogP contribution in [0.15, 0.2) is 24.3 Å². The fourth-order valence-electron chi connectivity index (χ4n) is 1.35. The predicted molar refractivity (Wildman–Crippen MR) is 60.9 cm³/mol. The molecule has 2 heteroatoms. The molecule has 78 valence electrons. The molecule has 0 saturated carbocycles. The average molecular weight is 213 g/mol. The molecule has 0 N–H and O–H groups in total. The lowest BCUT2D eigenvalue weighted by Gasteiger charge is -2.07. The third-order valence-corrected chi connectivity index (χ3v) is 2.86. The molecule has 0 aliphatic heterocycles. The molecule has 0 heterocycles. The smallest absolute Gasteiger partial charge is 0.0582 e. The summed E-state index contributed by atoms with van der Waals surface area (Å²) in [6, 6.07) is 8.46. The van der Waals surface area contributed by atoms with Gasteiger partial charge < -0.3 is 4.74 Å². The Hall–Kier alpha value is -0.530. The summed E-state index contributed by atoms with van der Waals surface area (Å²) < 4.78 is 5.02. The van der Waals surface area contributed by atoms with Gasteiger partial charge in [-0.15, -0.1) is 11.6 Å². The van der Waals surface area contributed by atoms with Crippen molar-refractivity contribution in [1.29, 1.82) is 0 Å². The van der Waals surface area contributed by atoms with E-state index in [0.717, 1.165) is 19.4 Å². The number of halogens is 1. The van der Waals surface area contributed by atoms with E-state index in [1.165, 1.54) is 11.1 Å². The van der Waals surface area contributed by atoms with Gasteiger partial charge in [-0.05, 0) is 24.0 Å². The highest BCUT2D eigenvalue weighted by molar-refractivity contribution is 6.20. The van der Waals surface area contributed by atoms with Crippen LogP contribution in [0.1, 0.15) is 29.8 Å². The van der Waals surface area contributed by atoms with E-state index in [2.05, 4.69) is 31.2 Å². The summed E-state index contributed by atoms with van der Waals surface area (Å²) in [6.45, 7) is 2.87. The molecule has 1 aromatic carbocycles. The monoisotopic (exact) mass is 212 g/mol. The number of hydrogen-bond donors (Lipinski definition) is 0. The maximum atomic E-state index is 6.12. The molecule has 1 aromatic rings. The third-order valence-electron chi connectivity index (χ3n) is 2.29. The Bertz CT molecular complexity index is 256. The molecule has 0 spiro atoms. The molecule has 1 nitrogen and oxygen atoms in total. The highest BCUT2D eigenvalue weighted by Gasteiger charge is 2.03. The van der Waals surface area contributed by atoms with Crippen LogP contribution in [0.25, 0.3) is 0 Å². The minimum atomic E-state index is 0.145. The predicted octanol–water partition coefficient (Wildman–Crippen LogP) is 3.57. The maximum Gasteiger partial charge on any atom is 0.0582 e. The van der Waals surface area contributed by atoms with Gasteiger partial charge in [-0.1, -0.05) is 31.2 Å². The zero-order valence-corrected chi connectivity index (χ0v) is 9.55. The Labute approximate surface area is 91.0 Å². The van der Waals surface area contributed by atoms with Crippen LogP contribution in [0.2, 0.25) is 0 Å². The largest absolute Gasteiger partial charge is 0.384 e. The first-order chi connectivity index (χ1) is 6.77. The number of methoxy groups -OCH3 is 1. The van der Waals surface area contributed by atoms with Crippen LogP contribution in [-0.2, 0) is 11.2 Å². The van der Waals surface area contributed by atoms with Crippen LogP contribution in [0.4, 0.5) is 0 Å². The Morgan fingerprint density at radius 3 is 2.43 bits per heavy atom. The fraction of sp³-hybridized carbons (Fsp3) is 0.500. The Morgan fingerprint density at radius 2 is 1.93 bits per heavy atom. The number of rotatable bonds is 5. The van der Waals surface area contributed by atoms with Crippen LogP contribution in [0, 0.1) is 0 Å². The van der Waals surface area contributed by atoms with Crippen LogP contribution in [0.3, 0.4) is 0 Å². The first kappa shape index (κ1) is 11.5. The number of benzene rings is 1. The van der Waals surface area contributed by atoms with Gasteiger partial charge in [0.05, 0.1) is 12.0 Å². The van der Waals surface area contributed by atoms with Gasteiger partial charge in [-0.2, -0.15) is 0 Å². The summed E-state index contributed by atoms with van der Waals surface area (Å²) in [5, 5.41) is 0.145. The van der Waals surface area contributed by atoms with E-state index in [1.807, 2.05) is 0 Å². The van der Waals surface area contributed by atoms with Gasteiger partial charge in [-0.3, -0.25) is 0 Å². The van der Waals surface area contributed by atoms with Gasteiger partial charge >= 0.3 is 0 Å². The van der Waals surface area contributed by atoms with Gasteiger partial charge in [0.15, 0.2) is 0 Å². The summed E-state index contributed by atoms with van der Waals surface area (Å²) in [5.41, 5.74) is 2.51. The van der Waals surface area contributed by atoms with Gasteiger partial charge in [-0.25, -0.2) is 0 Å². The summed E-state index contributed by atoms with van der Waals surface area (Å²) in [6.07, 6.45) is 1.94. The molecular weight excluding hydrogens is 196 g/mol. The van der Waals surface area contributed by atoms with Crippen molar-refractivity contribution in [1.82, 2.24) is 0 Å². The van der Waals surface area contributed by atoms with Crippen LogP contribution in [0.5, 0.6) is 0 Å². The highest BCUT2D eigenvalue weighted by Crippen LogP contribution is 2.23. The molecular formula is C12H17ClO. The first-order valence-corrected chi connectivity index (χ1v) is 5.43. The lowest BCUT2D eigenvalue weighted by molar-refractivity contribution is 0.202. The topological polar surface area (TPSA) is 9.23 Å². The van der Waals surface area contributed by atoms with E-state index in [4.69, 9.17) is 16.3 Å². The third kappa shape index (κ3) is 3.32. The van der Waals surface area contributed by atoms with Gasteiger partial charge in [0.25, 0.3) is 0 Å². The molecule has 0 aliphatic carbocycles. The van der Waals surface area contributed by atoms with E-state index in [0.29, 0.717) is 0 Å². The summed E-state index contributed by atoms with van der Waals surface area (Å²) >= 11 is 6.12. The zero-order chi connectivity index (χ0) is 10.4. The fourth-order valence-corrected chi connectivity index (χ4v) is 1.49. The Morgan fingerprint density at radius 1 is 1.29 bits per heavy atom. The molecule has 1 atom stereocenters. The van der Waals surface area contributed by atoms with Crippen molar-refractivity contribution in [2.24, 2.45) is 0 Å². The number of hydrogen-bond acceptors (Lipinski definition) is 1. The minimum absolute atomic E-state index is 0.145. The summed E-state index contributed by atoms with van der Waals surface area (Å²) in [7, 11) is 1.72. The Kier molecular flexibility index (Phi) is 4.99. The van der Waals surface area contributed by atoms with E-state index in [-0.39, 0.29) is 5.38 Å².